The van der Waals surface area contributed by atoms with Gasteiger partial charge in [-0.25, -0.2) is 9.88 Å². The summed E-state index contributed by atoms with van der Waals surface area (Å²) >= 11 is 1.10. The Balaban J connectivity index is 1.48. The molecule has 0 spiro atoms. The van der Waals surface area contributed by atoms with Crippen LogP contribution in [0.5, 0.6) is 0 Å². The molecule has 1 N–H and O–H groups in total. The molecule has 26 heavy (non-hydrogen) atoms. The Morgan fingerprint density at radius 3 is 2.58 bits per heavy atom. The summed E-state index contributed by atoms with van der Waals surface area (Å²) in [6, 6.07) is 15.9. The summed E-state index contributed by atoms with van der Waals surface area (Å²) in [6.45, 7) is 0. The fourth-order valence-electron chi connectivity index (χ4n) is 2.66. The smallest absolute Gasteiger partial charge is 0.283 e. The van der Waals surface area contributed by atoms with E-state index in [0.29, 0.717) is 16.7 Å². The van der Waals surface area contributed by atoms with Crippen LogP contribution in [-0.2, 0) is 9.59 Å². The molecule has 2 amide bonds. The number of imide groups is 1. The first kappa shape index (κ1) is 16.2. The number of fused-ring (bicyclic) bond motifs is 1. The number of amides is 2. The lowest BCUT2D eigenvalue weighted by molar-refractivity contribution is -0.122. The highest BCUT2D eigenvalue weighted by Gasteiger charge is 2.39. The topological polar surface area (TPSA) is 96.0 Å². The number of carbonyl (C=O) groups is 3. The van der Waals surface area contributed by atoms with Crippen molar-refractivity contribution in [3.05, 3.63) is 60.2 Å². The SMILES string of the molecule is O=C1C(=O)N(C(=O)CSc2n[nH]c(-c3ccccc3)n2)c2ccccc21. The molecule has 0 saturated heterocycles. The van der Waals surface area contributed by atoms with Crippen molar-refractivity contribution in [2.24, 2.45) is 0 Å². The Kier molecular flexibility index (Phi) is 4.10. The van der Waals surface area contributed by atoms with E-state index in [0.717, 1.165) is 22.2 Å². The summed E-state index contributed by atoms with van der Waals surface area (Å²) in [5, 5.41) is 7.28. The zero-order chi connectivity index (χ0) is 18.1. The molecule has 0 bridgehead atoms. The van der Waals surface area contributed by atoms with E-state index < -0.39 is 17.6 Å². The van der Waals surface area contributed by atoms with E-state index >= 15 is 0 Å². The normalized spacial score (nSPS) is 13.2. The third kappa shape index (κ3) is 2.80. The van der Waals surface area contributed by atoms with E-state index in [1.165, 1.54) is 6.07 Å². The van der Waals surface area contributed by atoms with Gasteiger partial charge in [0.15, 0.2) is 5.82 Å². The van der Waals surface area contributed by atoms with Crippen molar-refractivity contribution in [2.75, 3.05) is 10.7 Å². The van der Waals surface area contributed by atoms with Gasteiger partial charge >= 0.3 is 5.91 Å². The van der Waals surface area contributed by atoms with Gasteiger partial charge in [-0.3, -0.25) is 19.5 Å². The van der Waals surface area contributed by atoms with Crippen LogP contribution in [0.1, 0.15) is 10.4 Å². The summed E-state index contributed by atoms with van der Waals surface area (Å²) < 4.78 is 0. The minimum Gasteiger partial charge on any atom is -0.283 e. The Morgan fingerprint density at radius 1 is 1.04 bits per heavy atom. The van der Waals surface area contributed by atoms with Crippen molar-refractivity contribution in [2.45, 2.75) is 5.16 Å². The van der Waals surface area contributed by atoms with Crippen LogP contribution in [0.4, 0.5) is 5.69 Å². The quantitative estimate of drug-likeness (QED) is 0.564. The number of para-hydroxylation sites is 1. The second kappa shape index (κ2) is 6.57. The van der Waals surface area contributed by atoms with Gasteiger partial charge in [0, 0.05) is 5.56 Å². The number of aromatic amines is 1. The Bertz CT molecular complexity index is 1020. The molecule has 0 unspecified atom stereocenters. The Hall–Kier alpha value is -3.26. The predicted molar refractivity (Wildman–Crippen MR) is 95.8 cm³/mol. The monoisotopic (exact) mass is 364 g/mol. The number of hydrogen-bond acceptors (Lipinski definition) is 6. The number of ketones is 1. The largest absolute Gasteiger partial charge is 0.306 e. The first-order valence-corrected chi connectivity index (χ1v) is 8.75. The van der Waals surface area contributed by atoms with Crippen molar-refractivity contribution >= 4 is 35.0 Å². The van der Waals surface area contributed by atoms with Gasteiger partial charge in [-0.05, 0) is 12.1 Å². The molecule has 3 aromatic rings. The van der Waals surface area contributed by atoms with Gasteiger partial charge in [0.25, 0.3) is 5.78 Å². The highest BCUT2D eigenvalue weighted by atomic mass is 32.2. The van der Waals surface area contributed by atoms with Crippen LogP contribution in [0.3, 0.4) is 0 Å². The maximum Gasteiger partial charge on any atom is 0.306 e. The summed E-state index contributed by atoms with van der Waals surface area (Å²) in [7, 11) is 0. The maximum atomic E-state index is 12.5. The summed E-state index contributed by atoms with van der Waals surface area (Å²) in [6.07, 6.45) is 0. The molecule has 0 atom stereocenters. The van der Waals surface area contributed by atoms with Crippen molar-refractivity contribution in [1.29, 1.82) is 0 Å². The second-order valence-electron chi connectivity index (χ2n) is 5.50. The minimum absolute atomic E-state index is 0.0561. The van der Waals surface area contributed by atoms with E-state index in [2.05, 4.69) is 15.2 Å². The van der Waals surface area contributed by atoms with Gasteiger partial charge < -0.3 is 0 Å². The highest BCUT2D eigenvalue weighted by molar-refractivity contribution is 7.99. The summed E-state index contributed by atoms with van der Waals surface area (Å²) in [5.41, 5.74) is 1.46. The molecule has 2 aromatic carbocycles. The molecule has 8 heteroatoms. The molecule has 7 nitrogen and oxygen atoms in total. The molecule has 1 aliphatic heterocycles. The molecule has 1 aliphatic rings. The molecule has 4 rings (SSSR count). The second-order valence-corrected chi connectivity index (χ2v) is 6.44. The number of anilines is 1. The number of rotatable bonds is 4. The molecule has 1 aromatic heterocycles. The van der Waals surface area contributed by atoms with E-state index in [9.17, 15) is 14.4 Å². The van der Waals surface area contributed by atoms with Crippen LogP contribution in [0.15, 0.2) is 59.8 Å². The summed E-state index contributed by atoms with van der Waals surface area (Å²) in [4.78, 5) is 41.8. The molecular formula is C18H12N4O3S. The van der Waals surface area contributed by atoms with Gasteiger partial charge in [-0.1, -0.05) is 54.2 Å². The average molecular weight is 364 g/mol. The van der Waals surface area contributed by atoms with Crippen molar-refractivity contribution in [3.8, 4) is 11.4 Å². The number of nitrogens with one attached hydrogen (secondary N) is 1. The van der Waals surface area contributed by atoms with Crippen LogP contribution < -0.4 is 4.90 Å². The number of aromatic nitrogens is 3. The molecule has 128 valence electrons. The van der Waals surface area contributed by atoms with Crippen molar-refractivity contribution in [3.63, 3.8) is 0 Å². The Labute approximate surface area is 152 Å². The number of nitrogens with zero attached hydrogens (tertiary/aromatic N) is 3. The standard InChI is InChI=1S/C18H12N4O3S/c23-14(22-13-9-5-4-8-12(13)15(24)17(22)25)10-26-18-19-16(20-21-18)11-6-2-1-3-7-11/h1-9H,10H2,(H,19,20,21). The number of benzene rings is 2. The van der Waals surface area contributed by atoms with Gasteiger partial charge in [0.2, 0.25) is 11.1 Å². The van der Waals surface area contributed by atoms with Gasteiger partial charge in [0.05, 0.1) is 17.0 Å². The molecular weight excluding hydrogens is 352 g/mol. The number of Topliss-reactive ketones (excluding diaryl/α,β-unsaturated/α-hetero) is 1. The molecule has 0 saturated carbocycles. The fraction of sp³-hybridized carbons (Fsp3) is 0.0556. The Morgan fingerprint density at radius 2 is 1.77 bits per heavy atom. The lowest BCUT2D eigenvalue weighted by atomic mass is 10.1. The molecule has 2 heterocycles. The van der Waals surface area contributed by atoms with Crippen LogP contribution in [0.2, 0.25) is 0 Å². The fourth-order valence-corrected chi connectivity index (χ4v) is 3.31. The van der Waals surface area contributed by atoms with Crippen molar-refractivity contribution < 1.29 is 14.4 Å². The van der Waals surface area contributed by atoms with Gasteiger partial charge in [-0.2, -0.15) is 0 Å². The third-order valence-electron chi connectivity index (χ3n) is 3.87. The lowest BCUT2D eigenvalue weighted by Gasteiger charge is -2.13. The average Bonchev–Trinajstić information content (AvgIpc) is 3.25. The minimum atomic E-state index is -0.822. The predicted octanol–water partition coefficient (Wildman–Crippen LogP) is 2.32. The van der Waals surface area contributed by atoms with E-state index in [-0.39, 0.29) is 11.3 Å². The zero-order valence-corrected chi connectivity index (χ0v) is 14.2. The van der Waals surface area contributed by atoms with E-state index in [1.807, 2.05) is 30.3 Å². The van der Waals surface area contributed by atoms with E-state index in [1.54, 1.807) is 18.2 Å². The number of thioether (sulfide) groups is 1. The number of hydrogen-bond donors (Lipinski definition) is 1. The van der Waals surface area contributed by atoms with Crippen LogP contribution in [-0.4, -0.2) is 38.5 Å². The maximum absolute atomic E-state index is 12.5. The molecule has 0 aliphatic carbocycles. The van der Waals surface area contributed by atoms with Crippen LogP contribution in [0.25, 0.3) is 11.4 Å². The van der Waals surface area contributed by atoms with Crippen LogP contribution in [0, 0.1) is 0 Å². The van der Waals surface area contributed by atoms with E-state index in [4.69, 9.17) is 0 Å². The first-order valence-electron chi connectivity index (χ1n) is 7.76. The number of H-pyrrole nitrogens is 1. The lowest BCUT2D eigenvalue weighted by Crippen LogP contribution is -2.37. The molecule has 0 radical (unpaired) electrons. The zero-order valence-electron chi connectivity index (χ0n) is 13.4. The van der Waals surface area contributed by atoms with Crippen molar-refractivity contribution in [1.82, 2.24) is 15.2 Å². The van der Waals surface area contributed by atoms with Crippen LogP contribution >= 0.6 is 11.8 Å². The summed E-state index contributed by atoms with van der Waals surface area (Å²) in [5.74, 6) is -1.43. The third-order valence-corrected chi connectivity index (χ3v) is 4.71. The number of carbonyl (C=O) groups excluding carboxylic acids is 3. The van der Waals surface area contributed by atoms with Gasteiger partial charge in [-0.15, -0.1) is 5.10 Å². The first-order chi connectivity index (χ1) is 12.6. The highest BCUT2D eigenvalue weighted by Crippen LogP contribution is 2.29. The molecule has 0 fully saturated rings. The van der Waals surface area contributed by atoms with Gasteiger partial charge in [0.1, 0.15) is 0 Å².